The molecule has 1 heterocycles. The summed E-state index contributed by atoms with van der Waals surface area (Å²) >= 11 is 0. The maximum absolute atomic E-state index is 9.98. The highest BCUT2D eigenvalue weighted by Gasteiger charge is 2.00. The predicted octanol–water partition coefficient (Wildman–Crippen LogP) is 4.56. The molecule has 3 aromatic rings. The number of aldehydes is 1. The minimum Gasteiger partial charge on any atom is -0.497 e. The van der Waals surface area contributed by atoms with E-state index in [0.717, 1.165) is 12.0 Å². The van der Waals surface area contributed by atoms with Crippen LogP contribution in [-0.4, -0.2) is 18.4 Å². The Morgan fingerprint density at radius 2 is 1.57 bits per heavy atom. The van der Waals surface area contributed by atoms with Gasteiger partial charge in [0.1, 0.15) is 12.0 Å². The Morgan fingerprint density at radius 1 is 0.913 bits per heavy atom. The van der Waals surface area contributed by atoms with Crippen molar-refractivity contribution in [3.05, 3.63) is 84.2 Å². The van der Waals surface area contributed by atoms with Gasteiger partial charge in [-0.2, -0.15) is 0 Å². The van der Waals surface area contributed by atoms with Crippen molar-refractivity contribution in [1.29, 1.82) is 0 Å². The van der Waals surface area contributed by atoms with Gasteiger partial charge in [-0.15, -0.1) is 0 Å². The quantitative estimate of drug-likeness (QED) is 0.666. The maximum Gasteiger partial charge on any atom is 0.150 e. The molecule has 23 heavy (non-hydrogen) atoms. The number of carbonyl (C=O) groups excluding carboxylic acids is 1. The Kier molecular flexibility index (Phi) is 6.07. The summed E-state index contributed by atoms with van der Waals surface area (Å²) in [7, 11) is 1.68. The first kappa shape index (κ1) is 16.4. The molecule has 3 heteroatoms. The van der Waals surface area contributed by atoms with E-state index >= 15 is 0 Å². The van der Waals surface area contributed by atoms with Crippen LogP contribution in [0.2, 0.25) is 0 Å². The molecule has 0 N–H and O–H groups in total. The topological polar surface area (TPSA) is 39.2 Å². The van der Waals surface area contributed by atoms with Gasteiger partial charge >= 0.3 is 0 Å². The monoisotopic (exact) mass is 305 g/mol. The summed E-state index contributed by atoms with van der Waals surface area (Å²) in [4.78, 5) is 13.7. The molecule has 3 rings (SSSR count). The van der Waals surface area contributed by atoms with Crippen molar-refractivity contribution in [2.24, 2.45) is 0 Å². The van der Waals surface area contributed by atoms with Crippen molar-refractivity contribution < 1.29 is 9.53 Å². The van der Waals surface area contributed by atoms with Gasteiger partial charge < -0.3 is 4.74 Å². The minimum atomic E-state index is 0.667. The third-order valence-corrected chi connectivity index (χ3v) is 3.39. The highest BCUT2D eigenvalue weighted by Crippen LogP contribution is 2.24. The second-order valence-corrected chi connectivity index (χ2v) is 4.94. The fourth-order valence-electron chi connectivity index (χ4n) is 2.11. The Labute approximate surface area is 136 Å². The third-order valence-electron chi connectivity index (χ3n) is 3.39. The number of rotatable bonds is 3. The molecule has 0 spiro atoms. The average Bonchev–Trinajstić information content (AvgIpc) is 2.63. The van der Waals surface area contributed by atoms with Crippen LogP contribution in [0.4, 0.5) is 0 Å². The second-order valence-electron chi connectivity index (χ2n) is 4.94. The normalized spacial score (nSPS) is 9.48. The van der Waals surface area contributed by atoms with E-state index in [1.165, 1.54) is 16.7 Å². The van der Waals surface area contributed by atoms with E-state index in [2.05, 4.69) is 48.3 Å². The number of aromatic nitrogens is 1. The third kappa shape index (κ3) is 4.78. The summed E-state index contributed by atoms with van der Waals surface area (Å²) in [6, 6.07) is 19.8. The van der Waals surface area contributed by atoms with Crippen molar-refractivity contribution in [2.45, 2.75) is 6.92 Å². The summed E-state index contributed by atoms with van der Waals surface area (Å²) in [5.41, 5.74) is 4.47. The van der Waals surface area contributed by atoms with Gasteiger partial charge in [0.2, 0.25) is 0 Å². The number of pyridine rings is 1. The summed E-state index contributed by atoms with van der Waals surface area (Å²) in [6.45, 7) is 2.12. The van der Waals surface area contributed by atoms with Gasteiger partial charge in [0.05, 0.1) is 7.11 Å². The van der Waals surface area contributed by atoms with Crippen LogP contribution in [0.15, 0.2) is 73.1 Å². The van der Waals surface area contributed by atoms with Gasteiger partial charge in [0.25, 0.3) is 0 Å². The lowest BCUT2D eigenvalue weighted by atomic mass is 10.0. The van der Waals surface area contributed by atoms with Crippen LogP contribution >= 0.6 is 0 Å². The van der Waals surface area contributed by atoms with Crippen LogP contribution in [0.25, 0.3) is 11.1 Å². The fourth-order valence-corrected chi connectivity index (χ4v) is 2.11. The number of ether oxygens (including phenoxy) is 1. The summed E-state index contributed by atoms with van der Waals surface area (Å²) in [5, 5.41) is 0. The Bertz CT molecular complexity index is 737. The van der Waals surface area contributed by atoms with Crippen LogP contribution in [0.1, 0.15) is 15.9 Å². The highest BCUT2D eigenvalue weighted by molar-refractivity contribution is 5.74. The van der Waals surface area contributed by atoms with Gasteiger partial charge in [-0.05, 0) is 47.9 Å². The molecule has 0 fully saturated rings. The van der Waals surface area contributed by atoms with E-state index in [0.29, 0.717) is 5.56 Å². The number of carbonyl (C=O) groups is 1. The number of nitrogens with zero attached hydrogens (tertiary/aromatic N) is 1. The summed E-state index contributed by atoms with van der Waals surface area (Å²) in [5.74, 6) is 0.896. The van der Waals surface area contributed by atoms with Gasteiger partial charge in [-0.1, -0.05) is 36.4 Å². The van der Waals surface area contributed by atoms with Crippen LogP contribution in [0.3, 0.4) is 0 Å². The van der Waals surface area contributed by atoms with Gasteiger partial charge in [0.15, 0.2) is 0 Å². The molecule has 0 aliphatic carbocycles. The lowest BCUT2D eigenvalue weighted by Crippen LogP contribution is -1.84. The second kappa shape index (κ2) is 8.49. The molecule has 0 saturated carbocycles. The zero-order valence-corrected chi connectivity index (χ0v) is 13.3. The molecule has 116 valence electrons. The van der Waals surface area contributed by atoms with Crippen LogP contribution < -0.4 is 4.74 Å². The van der Waals surface area contributed by atoms with E-state index in [1.807, 2.05) is 12.1 Å². The number of aryl methyl sites for hydroxylation is 1. The predicted molar refractivity (Wildman–Crippen MR) is 92.8 cm³/mol. The lowest BCUT2D eigenvalue weighted by Gasteiger charge is -2.06. The van der Waals surface area contributed by atoms with Crippen LogP contribution in [0, 0.1) is 6.92 Å². The number of hydrogen-bond acceptors (Lipinski definition) is 3. The van der Waals surface area contributed by atoms with Gasteiger partial charge in [-0.25, -0.2) is 0 Å². The molecule has 0 atom stereocenters. The van der Waals surface area contributed by atoms with Crippen molar-refractivity contribution in [1.82, 2.24) is 4.98 Å². The zero-order chi connectivity index (χ0) is 16.5. The Balaban J connectivity index is 0.000000203. The standard InChI is InChI=1S/C14H14O.C6H5NO/c1-11-5-3-4-6-14(11)12-7-9-13(15-2)10-8-12;8-5-6-1-3-7-4-2-6/h3-10H,1-2H3;1-5H. The average molecular weight is 305 g/mol. The molecular formula is C20H19NO2. The molecule has 0 radical (unpaired) electrons. The first-order valence-corrected chi connectivity index (χ1v) is 7.30. The summed E-state index contributed by atoms with van der Waals surface area (Å²) in [6.07, 6.45) is 3.97. The number of methoxy groups -OCH3 is 1. The molecule has 1 aromatic heterocycles. The van der Waals surface area contributed by atoms with Crippen molar-refractivity contribution in [3.8, 4) is 16.9 Å². The van der Waals surface area contributed by atoms with Crippen LogP contribution in [-0.2, 0) is 0 Å². The SMILES string of the molecule is COc1ccc(-c2ccccc2C)cc1.O=Cc1ccncc1. The lowest BCUT2D eigenvalue weighted by molar-refractivity contribution is 0.112. The molecule has 0 unspecified atom stereocenters. The van der Waals surface area contributed by atoms with E-state index < -0.39 is 0 Å². The molecule has 0 aliphatic heterocycles. The van der Waals surface area contributed by atoms with E-state index in [-0.39, 0.29) is 0 Å². The van der Waals surface area contributed by atoms with E-state index in [9.17, 15) is 4.79 Å². The minimum absolute atomic E-state index is 0.667. The number of hydrogen-bond donors (Lipinski definition) is 0. The fraction of sp³-hybridized carbons (Fsp3) is 0.100. The Morgan fingerprint density at radius 3 is 2.09 bits per heavy atom. The molecule has 0 amide bonds. The van der Waals surface area contributed by atoms with Crippen molar-refractivity contribution >= 4 is 6.29 Å². The van der Waals surface area contributed by atoms with E-state index in [1.54, 1.807) is 31.6 Å². The van der Waals surface area contributed by atoms with Crippen molar-refractivity contribution in [2.75, 3.05) is 7.11 Å². The highest BCUT2D eigenvalue weighted by atomic mass is 16.5. The maximum atomic E-state index is 9.98. The first-order chi connectivity index (χ1) is 11.2. The molecule has 0 aliphatic rings. The molecule has 0 saturated heterocycles. The van der Waals surface area contributed by atoms with Gasteiger partial charge in [-0.3, -0.25) is 9.78 Å². The number of benzene rings is 2. The molecular weight excluding hydrogens is 286 g/mol. The largest absolute Gasteiger partial charge is 0.497 e. The Hall–Kier alpha value is -2.94. The molecule has 0 bridgehead atoms. The smallest absolute Gasteiger partial charge is 0.150 e. The van der Waals surface area contributed by atoms with Crippen LogP contribution in [0.5, 0.6) is 5.75 Å². The van der Waals surface area contributed by atoms with Crippen molar-refractivity contribution in [3.63, 3.8) is 0 Å². The molecule has 2 aromatic carbocycles. The van der Waals surface area contributed by atoms with Gasteiger partial charge in [0, 0.05) is 18.0 Å². The summed E-state index contributed by atoms with van der Waals surface area (Å²) < 4.78 is 5.14. The van der Waals surface area contributed by atoms with E-state index in [4.69, 9.17) is 4.74 Å². The zero-order valence-electron chi connectivity index (χ0n) is 13.3. The first-order valence-electron chi connectivity index (χ1n) is 7.30. The molecule has 3 nitrogen and oxygen atoms in total.